The van der Waals surface area contributed by atoms with E-state index >= 15 is 0 Å². The second-order valence-corrected chi connectivity index (χ2v) is 10.3. The van der Waals surface area contributed by atoms with E-state index in [-0.39, 0.29) is 22.2 Å². The van der Waals surface area contributed by atoms with Crippen molar-refractivity contribution >= 4 is 50.0 Å². The van der Waals surface area contributed by atoms with E-state index in [0.717, 1.165) is 0 Å². The summed E-state index contributed by atoms with van der Waals surface area (Å²) in [5.41, 5.74) is 7.98. The van der Waals surface area contributed by atoms with Crippen LogP contribution in [-0.4, -0.2) is 42.6 Å². The smallest absolute Gasteiger partial charge is 0.263 e. The van der Waals surface area contributed by atoms with Gasteiger partial charge in [-0.15, -0.1) is 0 Å². The van der Waals surface area contributed by atoms with E-state index in [4.69, 9.17) is 10.5 Å². The fourth-order valence-electron chi connectivity index (χ4n) is 3.53. The molecule has 0 radical (unpaired) electrons. The van der Waals surface area contributed by atoms with Crippen molar-refractivity contribution in [2.45, 2.75) is 30.9 Å². The lowest BCUT2D eigenvalue weighted by Crippen LogP contribution is -2.32. The van der Waals surface area contributed by atoms with Gasteiger partial charge in [-0.2, -0.15) is 0 Å². The van der Waals surface area contributed by atoms with Crippen LogP contribution in [-0.2, 0) is 14.8 Å². The average molecular weight is 537 g/mol. The van der Waals surface area contributed by atoms with Gasteiger partial charge in [0.05, 0.1) is 35.2 Å². The number of sulfonamides is 1. The van der Waals surface area contributed by atoms with E-state index in [1.165, 1.54) is 32.2 Å². The molecule has 198 valence electrons. The average Bonchev–Trinajstić information content (AvgIpc) is 2.88. The molecular weight excluding hydrogens is 508 g/mol. The van der Waals surface area contributed by atoms with Crippen molar-refractivity contribution in [3.8, 4) is 5.75 Å². The summed E-state index contributed by atoms with van der Waals surface area (Å²) in [5, 5.41) is 15.8. The summed E-state index contributed by atoms with van der Waals surface area (Å²) in [6, 6.07) is 17.1. The minimum atomic E-state index is -4.15. The van der Waals surface area contributed by atoms with Crippen molar-refractivity contribution in [3.05, 3.63) is 72.3 Å². The zero-order valence-corrected chi connectivity index (χ0v) is 21.8. The van der Waals surface area contributed by atoms with Crippen LogP contribution in [0.1, 0.15) is 25.5 Å². The summed E-state index contributed by atoms with van der Waals surface area (Å²) in [6.07, 6.45) is -0.763. The zero-order valence-electron chi connectivity index (χ0n) is 21.0. The lowest BCUT2D eigenvalue weighted by molar-refractivity contribution is -0.117. The number of nitrogens with zero attached hydrogens (tertiary/aromatic N) is 2. The number of benzene rings is 3. The number of fused-ring (bicyclic) bond motifs is 1. The van der Waals surface area contributed by atoms with Crippen LogP contribution in [0.25, 0.3) is 11.0 Å². The van der Waals surface area contributed by atoms with Crippen molar-refractivity contribution in [2.24, 2.45) is 5.73 Å². The van der Waals surface area contributed by atoms with Crippen molar-refractivity contribution in [1.29, 1.82) is 0 Å². The Balaban J connectivity index is 1.73. The molecule has 0 aliphatic carbocycles. The van der Waals surface area contributed by atoms with E-state index in [0.29, 0.717) is 28.0 Å². The molecule has 0 fully saturated rings. The number of ether oxygens (including phenoxy) is 1. The van der Waals surface area contributed by atoms with E-state index < -0.39 is 28.1 Å². The molecule has 1 heterocycles. The summed E-state index contributed by atoms with van der Waals surface area (Å²) < 4.78 is 34.6. The molecule has 38 heavy (non-hydrogen) atoms. The topological polar surface area (TPSA) is 169 Å². The molecule has 0 saturated carbocycles. The molecule has 0 saturated heterocycles. The van der Waals surface area contributed by atoms with Crippen molar-refractivity contribution in [3.63, 3.8) is 0 Å². The number of aliphatic hydroxyl groups excluding tert-OH is 1. The van der Waals surface area contributed by atoms with Crippen LogP contribution >= 0.6 is 0 Å². The molecule has 2 atom stereocenters. The molecule has 11 nitrogen and oxygen atoms in total. The Hall–Kier alpha value is -4.26. The van der Waals surface area contributed by atoms with Gasteiger partial charge in [0.1, 0.15) is 5.75 Å². The number of hydrogen-bond acceptors (Lipinski definition) is 9. The molecule has 0 spiro atoms. The van der Waals surface area contributed by atoms with Gasteiger partial charge in [-0.25, -0.2) is 18.4 Å². The number of anilines is 4. The largest absolute Gasteiger partial charge is 0.497 e. The Morgan fingerprint density at radius 2 is 1.63 bits per heavy atom. The number of carbonyl (C=O) groups excluding carboxylic acids is 1. The quantitative estimate of drug-likeness (QED) is 0.215. The Morgan fingerprint density at radius 3 is 2.26 bits per heavy atom. The first-order valence-corrected chi connectivity index (χ1v) is 13.1. The number of aromatic nitrogens is 2. The third-order valence-electron chi connectivity index (χ3n) is 5.54. The number of rotatable bonds is 9. The maximum Gasteiger partial charge on any atom is 0.263 e. The molecule has 1 unspecified atom stereocenters. The summed E-state index contributed by atoms with van der Waals surface area (Å²) >= 11 is 0. The van der Waals surface area contributed by atoms with E-state index in [1.807, 2.05) is 0 Å². The Morgan fingerprint density at radius 1 is 0.947 bits per heavy atom. The fourth-order valence-corrected chi connectivity index (χ4v) is 4.59. The summed E-state index contributed by atoms with van der Waals surface area (Å²) in [5.74, 6) is 0.135. The number of carbonyl (C=O) groups is 1. The number of aliphatic hydroxyl groups is 1. The number of nitrogens with one attached hydrogen (secondary N) is 3. The highest BCUT2D eigenvalue weighted by molar-refractivity contribution is 7.92. The van der Waals surface area contributed by atoms with Gasteiger partial charge in [-0.3, -0.25) is 9.52 Å². The van der Waals surface area contributed by atoms with E-state index in [1.54, 1.807) is 55.5 Å². The normalized spacial score (nSPS) is 13.0. The monoisotopic (exact) mass is 536 g/mol. The van der Waals surface area contributed by atoms with Crippen molar-refractivity contribution in [1.82, 2.24) is 9.97 Å². The molecule has 0 aliphatic rings. The van der Waals surface area contributed by atoms with Gasteiger partial charge in [0, 0.05) is 17.4 Å². The number of hydrogen-bond donors (Lipinski definition) is 5. The number of para-hydroxylation sites is 2. The third-order valence-corrected chi connectivity index (χ3v) is 6.87. The van der Waals surface area contributed by atoms with Gasteiger partial charge in [0.15, 0.2) is 11.6 Å². The van der Waals surface area contributed by atoms with Gasteiger partial charge in [-0.05, 0) is 61.9 Å². The van der Waals surface area contributed by atoms with Crippen LogP contribution in [0.4, 0.5) is 23.0 Å². The van der Waals surface area contributed by atoms with Crippen molar-refractivity contribution < 1.29 is 23.1 Å². The van der Waals surface area contributed by atoms with Crippen LogP contribution < -0.4 is 25.8 Å². The first-order valence-electron chi connectivity index (χ1n) is 11.7. The molecule has 6 N–H and O–H groups in total. The van der Waals surface area contributed by atoms with Gasteiger partial charge < -0.3 is 26.2 Å². The molecule has 0 aliphatic heterocycles. The minimum absolute atomic E-state index is 0.0462. The maximum absolute atomic E-state index is 13.4. The van der Waals surface area contributed by atoms with Crippen LogP contribution in [0.5, 0.6) is 5.75 Å². The summed E-state index contributed by atoms with van der Waals surface area (Å²) in [4.78, 5) is 20.9. The van der Waals surface area contributed by atoms with Crippen LogP contribution in [0.15, 0.2) is 71.6 Å². The Kier molecular flexibility index (Phi) is 7.76. The SMILES string of the molecule is COc1cc(Nc2nc3ccccc3nc2NS(=O)(=O)c2cccc(NC(=O)[C@H](C)N)c2)cc(C(C)O)c1. The highest BCUT2D eigenvalue weighted by Crippen LogP contribution is 2.31. The number of amides is 1. The molecule has 0 bridgehead atoms. The fraction of sp³-hybridized carbons (Fsp3) is 0.192. The van der Waals surface area contributed by atoms with Gasteiger partial charge >= 0.3 is 0 Å². The zero-order chi connectivity index (χ0) is 27.4. The van der Waals surface area contributed by atoms with Crippen molar-refractivity contribution in [2.75, 3.05) is 22.5 Å². The molecule has 4 aromatic rings. The summed E-state index contributed by atoms with van der Waals surface area (Å²) in [6.45, 7) is 3.15. The second kappa shape index (κ2) is 11.0. The lowest BCUT2D eigenvalue weighted by atomic mass is 10.1. The Labute approximate surface area is 220 Å². The van der Waals surface area contributed by atoms with Gasteiger partial charge in [0.2, 0.25) is 5.91 Å². The predicted molar refractivity (Wildman–Crippen MR) is 146 cm³/mol. The molecular formula is C26H28N6O5S. The Bertz CT molecular complexity index is 1590. The maximum atomic E-state index is 13.4. The van der Waals surface area contributed by atoms with Gasteiger partial charge in [0.25, 0.3) is 10.0 Å². The van der Waals surface area contributed by atoms with E-state index in [2.05, 4.69) is 25.3 Å². The highest BCUT2D eigenvalue weighted by atomic mass is 32.2. The van der Waals surface area contributed by atoms with Crippen LogP contribution in [0.2, 0.25) is 0 Å². The third kappa shape index (κ3) is 6.17. The standard InChI is InChI=1S/C26H28N6O5S/c1-15(27)26(34)29-18-7-6-8-21(14-18)38(35,36)32-25-24(30-22-9-4-5-10-23(22)31-25)28-19-11-17(16(2)33)12-20(13-19)37-3/h4-16,33H,27H2,1-3H3,(H,28,30)(H,29,34)(H,31,32)/t15-,16?/m0/s1. The highest BCUT2D eigenvalue weighted by Gasteiger charge is 2.20. The van der Waals surface area contributed by atoms with Gasteiger partial charge in [-0.1, -0.05) is 18.2 Å². The molecule has 3 aromatic carbocycles. The molecule has 1 amide bonds. The number of methoxy groups -OCH3 is 1. The number of nitrogens with two attached hydrogens (primary N) is 1. The first kappa shape index (κ1) is 26.8. The predicted octanol–water partition coefficient (Wildman–Crippen LogP) is 3.52. The molecule has 12 heteroatoms. The van der Waals surface area contributed by atoms with Crippen LogP contribution in [0, 0.1) is 0 Å². The lowest BCUT2D eigenvalue weighted by Gasteiger charge is -2.16. The second-order valence-electron chi connectivity index (χ2n) is 8.62. The summed E-state index contributed by atoms with van der Waals surface area (Å²) in [7, 11) is -2.64. The van der Waals surface area contributed by atoms with E-state index in [9.17, 15) is 18.3 Å². The molecule has 4 rings (SSSR count). The first-order chi connectivity index (χ1) is 18.1. The minimum Gasteiger partial charge on any atom is -0.497 e. The van der Waals surface area contributed by atoms with Crippen LogP contribution in [0.3, 0.4) is 0 Å². The molecule has 1 aromatic heterocycles.